The Hall–Kier alpha value is -4.39. The molecule has 0 bridgehead atoms. The maximum atomic E-state index is 12.4. The van der Waals surface area contributed by atoms with Gasteiger partial charge in [-0.25, -0.2) is 4.98 Å². The van der Waals surface area contributed by atoms with Crippen LogP contribution in [0.3, 0.4) is 0 Å². The number of hydrogen-bond acceptors (Lipinski definition) is 5. The van der Waals surface area contributed by atoms with Gasteiger partial charge >= 0.3 is 0 Å². The third kappa shape index (κ3) is 6.80. The molecule has 3 aromatic carbocycles. The van der Waals surface area contributed by atoms with Crippen molar-refractivity contribution in [3.63, 3.8) is 0 Å². The summed E-state index contributed by atoms with van der Waals surface area (Å²) in [7, 11) is 0. The molecule has 2 N–H and O–H groups in total. The zero-order valence-electron chi connectivity index (χ0n) is 19.5. The molecule has 35 heavy (non-hydrogen) atoms. The van der Waals surface area contributed by atoms with Gasteiger partial charge in [-0.2, -0.15) is 0 Å². The molecule has 7 heteroatoms. The number of carbonyl (C=O) groups is 2. The summed E-state index contributed by atoms with van der Waals surface area (Å²) in [6.07, 6.45) is 1.81. The van der Waals surface area contributed by atoms with E-state index < -0.39 is 0 Å². The molecule has 0 atom stereocenters. The minimum absolute atomic E-state index is 0.158. The van der Waals surface area contributed by atoms with Crippen LogP contribution in [-0.4, -0.2) is 29.9 Å². The van der Waals surface area contributed by atoms with Crippen LogP contribution in [0.4, 0.5) is 0 Å². The van der Waals surface area contributed by atoms with Gasteiger partial charge in [0.2, 0.25) is 11.8 Å². The van der Waals surface area contributed by atoms with Gasteiger partial charge in [-0.1, -0.05) is 30.3 Å². The first-order valence-corrected chi connectivity index (χ1v) is 11.5. The topological polar surface area (TPSA) is 89.5 Å². The fraction of sp³-hybridized carbons (Fsp3) is 0.179. The first-order valence-electron chi connectivity index (χ1n) is 11.5. The average Bonchev–Trinajstić information content (AvgIpc) is 2.88. The van der Waals surface area contributed by atoms with Crippen molar-refractivity contribution < 1.29 is 19.1 Å². The Morgan fingerprint density at radius 1 is 0.857 bits per heavy atom. The molecule has 0 radical (unpaired) electrons. The summed E-state index contributed by atoms with van der Waals surface area (Å²) in [6, 6.07) is 24.3. The summed E-state index contributed by atoms with van der Waals surface area (Å²) >= 11 is 0. The molecule has 0 saturated carbocycles. The number of ether oxygens (including phenoxy) is 2. The van der Waals surface area contributed by atoms with Crippen LogP contribution >= 0.6 is 0 Å². The first kappa shape index (κ1) is 23.8. The minimum atomic E-state index is -0.200. The van der Waals surface area contributed by atoms with Crippen molar-refractivity contribution >= 4 is 22.6 Å². The number of hydrogen-bond donors (Lipinski definition) is 2. The van der Waals surface area contributed by atoms with E-state index in [-0.39, 0.29) is 24.8 Å². The van der Waals surface area contributed by atoms with Gasteiger partial charge in [0.1, 0.15) is 11.5 Å². The standard InChI is InChI=1S/C28H27N3O4/c1-2-34-24-9-11-25(12-10-24)35-27-17-20(13-15-29-27)19-31-26(32)14-16-30-28(33)23-8-7-21-5-3-4-6-22(21)18-23/h3-13,15,17-18H,2,14,16,19H2,1H3,(H,30,33)(H,31,32). The van der Waals surface area contributed by atoms with Crippen molar-refractivity contribution in [2.24, 2.45) is 0 Å². The van der Waals surface area contributed by atoms with Crippen LogP contribution < -0.4 is 20.1 Å². The maximum Gasteiger partial charge on any atom is 0.251 e. The summed E-state index contributed by atoms with van der Waals surface area (Å²) in [5.74, 6) is 1.49. The molecule has 4 aromatic rings. The summed E-state index contributed by atoms with van der Waals surface area (Å²) in [5, 5.41) is 7.74. The van der Waals surface area contributed by atoms with E-state index in [4.69, 9.17) is 9.47 Å². The highest BCUT2D eigenvalue weighted by atomic mass is 16.5. The molecular weight excluding hydrogens is 442 g/mol. The number of rotatable bonds is 10. The third-order valence-electron chi connectivity index (χ3n) is 5.30. The summed E-state index contributed by atoms with van der Waals surface area (Å²) in [6.45, 7) is 3.12. The van der Waals surface area contributed by atoms with Crippen LogP contribution in [0.5, 0.6) is 17.4 Å². The SMILES string of the molecule is CCOc1ccc(Oc2cc(CNC(=O)CCNC(=O)c3ccc4ccccc4c3)ccn2)cc1. The Kier molecular flexibility index (Phi) is 7.91. The van der Waals surface area contributed by atoms with E-state index in [1.54, 1.807) is 18.3 Å². The molecule has 2 amide bonds. The molecule has 0 aliphatic heterocycles. The second-order valence-electron chi connectivity index (χ2n) is 7.85. The van der Waals surface area contributed by atoms with E-state index in [1.165, 1.54) is 0 Å². The zero-order chi connectivity index (χ0) is 24.5. The summed E-state index contributed by atoms with van der Waals surface area (Å²) < 4.78 is 11.2. The van der Waals surface area contributed by atoms with E-state index in [0.717, 1.165) is 22.1 Å². The summed E-state index contributed by atoms with van der Waals surface area (Å²) in [5.41, 5.74) is 1.43. The number of benzene rings is 3. The van der Waals surface area contributed by atoms with Crippen LogP contribution in [0.2, 0.25) is 0 Å². The van der Waals surface area contributed by atoms with Crippen molar-refractivity contribution in [1.82, 2.24) is 15.6 Å². The molecule has 0 spiro atoms. The van der Waals surface area contributed by atoms with Crippen molar-refractivity contribution in [2.45, 2.75) is 19.9 Å². The predicted octanol–water partition coefficient (Wildman–Crippen LogP) is 4.86. The van der Waals surface area contributed by atoms with Gasteiger partial charge in [0.05, 0.1) is 6.61 Å². The number of aromatic nitrogens is 1. The monoisotopic (exact) mass is 469 g/mol. The minimum Gasteiger partial charge on any atom is -0.494 e. The lowest BCUT2D eigenvalue weighted by molar-refractivity contribution is -0.121. The quantitative estimate of drug-likeness (QED) is 0.346. The second-order valence-corrected chi connectivity index (χ2v) is 7.85. The Balaban J connectivity index is 1.22. The first-order chi connectivity index (χ1) is 17.1. The molecule has 4 rings (SSSR count). The second kappa shape index (κ2) is 11.7. The van der Waals surface area contributed by atoms with Crippen LogP contribution in [-0.2, 0) is 11.3 Å². The average molecular weight is 470 g/mol. The van der Waals surface area contributed by atoms with E-state index >= 15 is 0 Å². The van der Waals surface area contributed by atoms with E-state index in [2.05, 4.69) is 15.6 Å². The smallest absolute Gasteiger partial charge is 0.251 e. The zero-order valence-corrected chi connectivity index (χ0v) is 19.5. The molecule has 0 aliphatic carbocycles. The Morgan fingerprint density at radius 3 is 2.43 bits per heavy atom. The van der Waals surface area contributed by atoms with Gasteiger partial charge in [-0.3, -0.25) is 9.59 Å². The molecule has 178 valence electrons. The van der Waals surface area contributed by atoms with Crippen molar-refractivity contribution in [3.8, 4) is 17.4 Å². The number of nitrogens with zero attached hydrogens (tertiary/aromatic N) is 1. The number of carbonyl (C=O) groups excluding carboxylic acids is 2. The van der Waals surface area contributed by atoms with Gasteiger partial charge in [0, 0.05) is 37.3 Å². The number of amides is 2. The number of pyridine rings is 1. The summed E-state index contributed by atoms with van der Waals surface area (Å²) in [4.78, 5) is 28.9. The van der Waals surface area contributed by atoms with Crippen LogP contribution in [0.15, 0.2) is 85.1 Å². The normalized spacial score (nSPS) is 10.5. The van der Waals surface area contributed by atoms with Gasteiger partial charge < -0.3 is 20.1 Å². The van der Waals surface area contributed by atoms with Gasteiger partial charge in [-0.05, 0) is 65.7 Å². The molecule has 1 aromatic heterocycles. The molecule has 1 heterocycles. The van der Waals surface area contributed by atoms with Crippen molar-refractivity contribution in [1.29, 1.82) is 0 Å². The number of fused-ring (bicyclic) bond motifs is 1. The highest BCUT2D eigenvalue weighted by molar-refractivity contribution is 5.98. The van der Waals surface area contributed by atoms with Crippen LogP contribution in [0.25, 0.3) is 10.8 Å². The van der Waals surface area contributed by atoms with Gasteiger partial charge in [-0.15, -0.1) is 0 Å². The van der Waals surface area contributed by atoms with Gasteiger partial charge in [0.25, 0.3) is 5.91 Å². The Morgan fingerprint density at radius 2 is 1.63 bits per heavy atom. The third-order valence-corrected chi connectivity index (χ3v) is 5.30. The molecule has 7 nitrogen and oxygen atoms in total. The lowest BCUT2D eigenvalue weighted by atomic mass is 10.1. The van der Waals surface area contributed by atoms with Crippen molar-refractivity contribution in [2.75, 3.05) is 13.2 Å². The fourth-order valence-electron chi connectivity index (χ4n) is 3.52. The molecular formula is C28H27N3O4. The Bertz CT molecular complexity index is 1310. The van der Waals surface area contributed by atoms with E-state index in [0.29, 0.717) is 30.3 Å². The van der Waals surface area contributed by atoms with Crippen LogP contribution in [0, 0.1) is 0 Å². The fourth-order valence-corrected chi connectivity index (χ4v) is 3.52. The molecule has 0 saturated heterocycles. The lowest BCUT2D eigenvalue weighted by Gasteiger charge is -2.09. The van der Waals surface area contributed by atoms with E-state index in [9.17, 15) is 9.59 Å². The largest absolute Gasteiger partial charge is 0.494 e. The van der Waals surface area contributed by atoms with Crippen LogP contribution in [0.1, 0.15) is 29.3 Å². The molecule has 0 aliphatic rings. The Labute approximate surface area is 204 Å². The molecule has 0 fully saturated rings. The molecule has 0 unspecified atom stereocenters. The highest BCUT2D eigenvalue weighted by Gasteiger charge is 2.08. The van der Waals surface area contributed by atoms with Gasteiger partial charge in [0.15, 0.2) is 0 Å². The lowest BCUT2D eigenvalue weighted by Crippen LogP contribution is -2.30. The number of nitrogens with one attached hydrogen (secondary N) is 2. The highest BCUT2D eigenvalue weighted by Crippen LogP contribution is 2.23. The van der Waals surface area contributed by atoms with Crippen molar-refractivity contribution in [3.05, 3.63) is 96.2 Å². The predicted molar refractivity (Wildman–Crippen MR) is 135 cm³/mol. The van der Waals surface area contributed by atoms with E-state index in [1.807, 2.05) is 73.7 Å². The maximum absolute atomic E-state index is 12.4.